The van der Waals surface area contributed by atoms with Gasteiger partial charge in [-0.1, -0.05) is 22.9 Å². The van der Waals surface area contributed by atoms with Gasteiger partial charge in [0.15, 0.2) is 0 Å². The zero-order valence-electron chi connectivity index (χ0n) is 7.16. The lowest BCUT2D eigenvalue weighted by molar-refractivity contribution is -0.385. The normalized spacial score (nSPS) is 10.5. The molecular formula is C9H9BrNO2. The molecule has 1 radical (unpaired) electrons. The summed E-state index contributed by atoms with van der Waals surface area (Å²) in [7, 11) is 0. The molecule has 0 aliphatic heterocycles. The molecule has 3 nitrogen and oxygen atoms in total. The van der Waals surface area contributed by atoms with E-state index in [1.807, 2.05) is 13.0 Å². The Hall–Kier alpha value is -0.900. The van der Waals surface area contributed by atoms with Gasteiger partial charge in [0.05, 0.1) is 4.92 Å². The molecule has 0 N–H and O–H groups in total. The molecule has 0 aliphatic rings. The first-order valence-electron chi connectivity index (χ1n) is 3.78. The monoisotopic (exact) mass is 242 g/mol. The Kier molecular flexibility index (Phi) is 3.03. The van der Waals surface area contributed by atoms with Gasteiger partial charge in [0, 0.05) is 16.6 Å². The van der Waals surface area contributed by atoms with Crippen molar-refractivity contribution in [3.05, 3.63) is 45.3 Å². The smallest absolute Gasteiger partial charge is 0.258 e. The van der Waals surface area contributed by atoms with E-state index in [1.54, 1.807) is 6.07 Å². The first-order valence-corrected chi connectivity index (χ1v) is 4.58. The van der Waals surface area contributed by atoms with Gasteiger partial charge in [-0.2, -0.15) is 0 Å². The van der Waals surface area contributed by atoms with Crippen molar-refractivity contribution in [2.75, 3.05) is 0 Å². The van der Waals surface area contributed by atoms with E-state index in [0.717, 1.165) is 5.56 Å². The minimum atomic E-state index is -0.406. The van der Waals surface area contributed by atoms with E-state index >= 15 is 0 Å². The topological polar surface area (TPSA) is 43.1 Å². The summed E-state index contributed by atoms with van der Waals surface area (Å²) < 4.78 is 0.715. The summed E-state index contributed by atoms with van der Waals surface area (Å²) >= 11 is 3.22. The van der Waals surface area contributed by atoms with Crippen molar-refractivity contribution in [1.29, 1.82) is 0 Å². The van der Waals surface area contributed by atoms with Crippen molar-refractivity contribution < 1.29 is 4.92 Å². The molecular weight excluding hydrogens is 234 g/mol. The van der Waals surface area contributed by atoms with Crippen molar-refractivity contribution in [2.45, 2.75) is 12.8 Å². The van der Waals surface area contributed by atoms with Crippen LogP contribution in [0, 0.1) is 17.0 Å². The third-order valence-corrected chi connectivity index (χ3v) is 2.14. The number of hydrogen-bond acceptors (Lipinski definition) is 2. The van der Waals surface area contributed by atoms with Crippen LogP contribution in [0.25, 0.3) is 0 Å². The standard InChI is InChI=1S/C9H9BrNO2/c1-6(2)7-3-8(10)5-9(4-7)11(12)13/h3-6H,1H2,2H3. The fourth-order valence-corrected chi connectivity index (χ4v) is 1.49. The summed E-state index contributed by atoms with van der Waals surface area (Å²) in [6.07, 6.45) is 0. The molecule has 13 heavy (non-hydrogen) atoms. The maximum absolute atomic E-state index is 10.5. The average molecular weight is 243 g/mol. The molecule has 0 aliphatic carbocycles. The minimum absolute atomic E-state index is 0.0520. The number of nitrogens with zero attached hydrogens (tertiary/aromatic N) is 1. The largest absolute Gasteiger partial charge is 0.270 e. The van der Waals surface area contributed by atoms with Crippen LogP contribution in [0.2, 0.25) is 0 Å². The number of nitro benzene ring substituents is 1. The molecule has 69 valence electrons. The fourth-order valence-electron chi connectivity index (χ4n) is 0.986. The first kappa shape index (κ1) is 10.2. The van der Waals surface area contributed by atoms with Gasteiger partial charge in [0.2, 0.25) is 0 Å². The molecule has 0 fully saturated rings. The number of benzene rings is 1. The molecule has 0 bridgehead atoms. The van der Waals surface area contributed by atoms with Crippen LogP contribution in [0.4, 0.5) is 5.69 Å². The van der Waals surface area contributed by atoms with Crippen molar-refractivity contribution in [3.8, 4) is 0 Å². The molecule has 0 aromatic heterocycles. The van der Waals surface area contributed by atoms with E-state index in [0.29, 0.717) is 4.47 Å². The quantitative estimate of drug-likeness (QED) is 0.590. The lowest BCUT2D eigenvalue weighted by atomic mass is 10.0. The molecule has 0 amide bonds. The summed E-state index contributed by atoms with van der Waals surface area (Å²) in [6.45, 7) is 5.70. The second kappa shape index (κ2) is 3.87. The Labute approximate surface area is 85.0 Å². The maximum Gasteiger partial charge on any atom is 0.270 e. The van der Waals surface area contributed by atoms with Gasteiger partial charge in [-0.3, -0.25) is 10.1 Å². The molecule has 1 rings (SSSR count). The highest BCUT2D eigenvalue weighted by Crippen LogP contribution is 2.25. The summed E-state index contributed by atoms with van der Waals surface area (Å²) in [5, 5.41) is 10.5. The molecule has 1 aromatic rings. The van der Waals surface area contributed by atoms with Crippen LogP contribution in [0.1, 0.15) is 18.4 Å². The van der Waals surface area contributed by atoms with Crippen molar-refractivity contribution in [2.24, 2.45) is 0 Å². The van der Waals surface area contributed by atoms with E-state index < -0.39 is 4.92 Å². The second-order valence-electron chi connectivity index (χ2n) is 2.90. The lowest BCUT2D eigenvalue weighted by Crippen LogP contribution is -1.92. The Morgan fingerprint density at radius 1 is 1.54 bits per heavy atom. The molecule has 0 heterocycles. The first-order chi connectivity index (χ1) is 6.00. The van der Waals surface area contributed by atoms with Gasteiger partial charge in [-0.15, -0.1) is 0 Å². The second-order valence-corrected chi connectivity index (χ2v) is 3.82. The Morgan fingerprint density at radius 2 is 2.15 bits per heavy atom. The van der Waals surface area contributed by atoms with Crippen LogP contribution in [-0.2, 0) is 0 Å². The van der Waals surface area contributed by atoms with Crippen LogP contribution in [0.3, 0.4) is 0 Å². The van der Waals surface area contributed by atoms with Gasteiger partial charge < -0.3 is 0 Å². The molecule has 0 saturated heterocycles. The van der Waals surface area contributed by atoms with E-state index in [2.05, 4.69) is 22.9 Å². The lowest BCUT2D eigenvalue weighted by Gasteiger charge is -2.04. The summed E-state index contributed by atoms with van der Waals surface area (Å²) in [5.41, 5.74) is 0.959. The third kappa shape index (κ3) is 2.52. The molecule has 0 spiro atoms. The Morgan fingerprint density at radius 3 is 2.62 bits per heavy atom. The fraction of sp³-hybridized carbons (Fsp3) is 0.222. The van der Waals surface area contributed by atoms with Crippen LogP contribution < -0.4 is 0 Å². The van der Waals surface area contributed by atoms with Gasteiger partial charge in [-0.05, 0) is 24.5 Å². The van der Waals surface area contributed by atoms with Crippen LogP contribution in [0.15, 0.2) is 22.7 Å². The van der Waals surface area contributed by atoms with Gasteiger partial charge >= 0.3 is 0 Å². The zero-order valence-corrected chi connectivity index (χ0v) is 8.74. The highest BCUT2D eigenvalue weighted by molar-refractivity contribution is 9.10. The van der Waals surface area contributed by atoms with Crippen molar-refractivity contribution in [3.63, 3.8) is 0 Å². The molecule has 1 aromatic carbocycles. The highest BCUT2D eigenvalue weighted by Gasteiger charge is 2.10. The molecule has 4 heteroatoms. The molecule has 1 unspecified atom stereocenters. The maximum atomic E-state index is 10.5. The van der Waals surface area contributed by atoms with Gasteiger partial charge in [-0.25, -0.2) is 0 Å². The summed E-state index contributed by atoms with van der Waals surface area (Å²) in [6, 6.07) is 4.86. The van der Waals surface area contributed by atoms with E-state index in [1.165, 1.54) is 6.07 Å². The predicted molar refractivity (Wildman–Crippen MR) is 54.6 cm³/mol. The number of non-ortho nitro benzene ring substituents is 1. The van der Waals surface area contributed by atoms with Crippen molar-refractivity contribution >= 4 is 21.6 Å². The Balaban J connectivity index is 3.19. The SMILES string of the molecule is [CH2]C(C)c1cc(Br)cc([N+](=O)[O-])c1. The minimum Gasteiger partial charge on any atom is -0.258 e. The average Bonchev–Trinajstić information content (AvgIpc) is 2.03. The van der Waals surface area contributed by atoms with Crippen LogP contribution in [0.5, 0.6) is 0 Å². The molecule has 0 saturated carbocycles. The number of halogens is 1. The number of nitro groups is 1. The Bertz CT molecular complexity index is 336. The predicted octanol–water partition coefficient (Wildman–Crippen LogP) is 3.29. The summed E-state index contributed by atoms with van der Waals surface area (Å²) in [5.74, 6) is 0.0520. The summed E-state index contributed by atoms with van der Waals surface area (Å²) in [4.78, 5) is 10.1. The van der Waals surface area contributed by atoms with Crippen LogP contribution in [-0.4, -0.2) is 4.92 Å². The van der Waals surface area contributed by atoms with E-state index in [4.69, 9.17) is 0 Å². The highest BCUT2D eigenvalue weighted by atomic mass is 79.9. The van der Waals surface area contributed by atoms with Crippen LogP contribution >= 0.6 is 15.9 Å². The third-order valence-electron chi connectivity index (χ3n) is 1.68. The number of hydrogen-bond donors (Lipinski definition) is 0. The van der Waals surface area contributed by atoms with Gasteiger partial charge in [0.1, 0.15) is 0 Å². The molecule has 1 atom stereocenters. The zero-order chi connectivity index (χ0) is 10.0. The van der Waals surface area contributed by atoms with E-state index in [9.17, 15) is 10.1 Å². The van der Waals surface area contributed by atoms with E-state index in [-0.39, 0.29) is 11.6 Å². The number of rotatable bonds is 2. The van der Waals surface area contributed by atoms with Gasteiger partial charge in [0.25, 0.3) is 5.69 Å². The van der Waals surface area contributed by atoms with Crippen molar-refractivity contribution in [1.82, 2.24) is 0 Å².